The Bertz CT molecular complexity index is 1050. The van der Waals surface area contributed by atoms with Gasteiger partial charge in [0.1, 0.15) is 5.75 Å². The smallest absolute Gasteiger partial charge is 0.411 e. The van der Waals surface area contributed by atoms with Gasteiger partial charge in [0, 0.05) is 36.9 Å². The number of anilines is 2. The van der Waals surface area contributed by atoms with Crippen molar-refractivity contribution in [1.29, 1.82) is 0 Å². The third-order valence-corrected chi connectivity index (χ3v) is 7.20. The molecule has 1 aliphatic heterocycles. The first-order valence-electron chi connectivity index (χ1n) is 9.89. The number of aryl methyl sites for hydroxylation is 1. The number of hydrogen-bond acceptors (Lipinski definition) is 6. The highest BCUT2D eigenvalue weighted by Crippen LogP contribution is 2.30. The Hall–Kier alpha value is -2.49. The quantitative estimate of drug-likeness (QED) is 0.696. The van der Waals surface area contributed by atoms with Crippen molar-refractivity contribution in [2.45, 2.75) is 18.7 Å². The van der Waals surface area contributed by atoms with Gasteiger partial charge in [-0.25, -0.2) is 13.2 Å². The molecule has 8 nitrogen and oxygen atoms in total. The molecule has 0 bridgehead atoms. The number of rotatable bonds is 6. The van der Waals surface area contributed by atoms with Gasteiger partial charge in [-0.2, -0.15) is 4.31 Å². The summed E-state index contributed by atoms with van der Waals surface area (Å²) < 4.78 is 38.0. The Labute approximate surface area is 187 Å². The minimum absolute atomic E-state index is 0.0764. The van der Waals surface area contributed by atoms with Crippen molar-refractivity contribution in [3.05, 3.63) is 47.0 Å². The second-order valence-electron chi connectivity index (χ2n) is 7.03. The van der Waals surface area contributed by atoms with E-state index in [4.69, 9.17) is 21.1 Å². The van der Waals surface area contributed by atoms with E-state index in [1.54, 1.807) is 6.92 Å². The van der Waals surface area contributed by atoms with E-state index in [0.29, 0.717) is 37.0 Å². The molecule has 3 rings (SSSR count). The molecule has 10 heteroatoms. The number of benzene rings is 2. The van der Waals surface area contributed by atoms with E-state index >= 15 is 0 Å². The summed E-state index contributed by atoms with van der Waals surface area (Å²) in [7, 11) is -2.31. The topological polar surface area (TPSA) is 88.2 Å². The van der Waals surface area contributed by atoms with Gasteiger partial charge in [0.15, 0.2) is 0 Å². The number of amides is 1. The highest BCUT2D eigenvalue weighted by molar-refractivity contribution is 7.89. The van der Waals surface area contributed by atoms with Crippen molar-refractivity contribution in [1.82, 2.24) is 4.31 Å². The summed E-state index contributed by atoms with van der Waals surface area (Å²) in [6.45, 7) is 5.64. The van der Waals surface area contributed by atoms with Gasteiger partial charge in [0.25, 0.3) is 0 Å². The van der Waals surface area contributed by atoms with Crippen molar-refractivity contribution in [3.63, 3.8) is 0 Å². The van der Waals surface area contributed by atoms with E-state index in [1.807, 2.05) is 25.1 Å². The highest BCUT2D eigenvalue weighted by Gasteiger charge is 2.30. The fourth-order valence-corrected chi connectivity index (χ4v) is 5.08. The first kappa shape index (κ1) is 23.2. The van der Waals surface area contributed by atoms with Gasteiger partial charge in [0.2, 0.25) is 10.0 Å². The van der Waals surface area contributed by atoms with Gasteiger partial charge < -0.3 is 14.4 Å². The molecule has 1 N–H and O–H groups in total. The number of ether oxygens (including phenoxy) is 2. The van der Waals surface area contributed by atoms with Crippen LogP contribution in [0.25, 0.3) is 0 Å². The monoisotopic (exact) mass is 467 g/mol. The van der Waals surface area contributed by atoms with E-state index in [1.165, 1.54) is 29.6 Å². The normalized spacial score (nSPS) is 14.9. The summed E-state index contributed by atoms with van der Waals surface area (Å²) in [5.41, 5.74) is 2.33. The second kappa shape index (κ2) is 9.76. The number of piperazine rings is 1. The molecular formula is C21H26ClN3O5S. The van der Waals surface area contributed by atoms with Crippen molar-refractivity contribution < 1.29 is 22.7 Å². The Morgan fingerprint density at radius 1 is 1.13 bits per heavy atom. The van der Waals surface area contributed by atoms with Crippen LogP contribution in [0.1, 0.15) is 12.5 Å². The van der Waals surface area contributed by atoms with Crippen LogP contribution in [0, 0.1) is 6.92 Å². The summed E-state index contributed by atoms with van der Waals surface area (Å²) >= 11 is 6.13. The number of nitrogens with one attached hydrogen (secondary N) is 1. The van der Waals surface area contributed by atoms with Gasteiger partial charge in [-0.3, -0.25) is 5.32 Å². The lowest BCUT2D eigenvalue weighted by Gasteiger charge is -2.36. The maximum Gasteiger partial charge on any atom is 0.411 e. The third-order valence-electron chi connectivity index (χ3n) is 5.07. The maximum absolute atomic E-state index is 13.2. The Balaban J connectivity index is 1.78. The number of nitrogens with zero attached hydrogens (tertiary/aromatic N) is 2. The predicted molar refractivity (Wildman–Crippen MR) is 121 cm³/mol. The Kier molecular flexibility index (Phi) is 7.30. The van der Waals surface area contributed by atoms with Crippen LogP contribution in [0.3, 0.4) is 0 Å². The van der Waals surface area contributed by atoms with E-state index < -0.39 is 16.1 Å². The Morgan fingerprint density at radius 3 is 2.48 bits per heavy atom. The summed E-state index contributed by atoms with van der Waals surface area (Å²) in [5.74, 6) is 0.341. The molecule has 2 aromatic rings. The van der Waals surface area contributed by atoms with Crippen LogP contribution < -0.4 is 15.0 Å². The average molecular weight is 468 g/mol. The van der Waals surface area contributed by atoms with Gasteiger partial charge in [-0.15, -0.1) is 0 Å². The SMILES string of the molecule is CCOC(=O)Nc1cc(S(=O)(=O)N2CCN(c3cc(Cl)ccc3C)CC2)ccc1OC. The first-order valence-corrected chi connectivity index (χ1v) is 11.7. The minimum atomic E-state index is -3.75. The molecule has 1 heterocycles. The van der Waals surface area contributed by atoms with Crippen molar-refractivity contribution in [3.8, 4) is 5.75 Å². The van der Waals surface area contributed by atoms with Gasteiger partial charge in [0.05, 0.1) is 24.3 Å². The molecule has 0 spiro atoms. The number of sulfonamides is 1. The second-order valence-corrected chi connectivity index (χ2v) is 9.40. The molecule has 0 aromatic heterocycles. The van der Waals surface area contributed by atoms with Gasteiger partial charge in [-0.1, -0.05) is 17.7 Å². The van der Waals surface area contributed by atoms with Crippen LogP contribution in [0.15, 0.2) is 41.3 Å². The summed E-state index contributed by atoms with van der Waals surface area (Å²) in [6.07, 6.45) is -0.680. The number of carbonyl (C=O) groups is 1. The van der Waals surface area contributed by atoms with Crippen LogP contribution >= 0.6 is 11.6 Å². The zero-order valence-corrected chi connectivity index (χ0v) is 19.3. The number of hydrogen-bond donors (Lipinski definition) is 1. The summed E-state index contributed by atoms with van der Waals surface area (Å²) in [6, 6.07) is 10.1. The predicted octanol–water partition coefficient (Wildman–Crippen LogP) is 3.74. The van der Waals surface area contributed by atoms with Crippen LogP contribution in [-0.4, -0.2) is 58.7 Å². The molecule has 1 aliphatic rings. The molecule has 2 aromatic carbocycles. The van der Waals surface area contributed by atoms with Crippen LogP contribution in [0.4, 0.5) is 16.2 Å². The van der Waals surface area contributed by atoms with Crippen LogP contribution in [0.2, 0.25) is 5.02 Å². The molecule has 0 saturated carbocycles. The van der Waals surface area contributed by atoms with Crippen molar-refractivity contribution >= 4 is 39.1 Å². The molecule has 0 unspecified atom stereocenters. The number of methoxy groups -OCH3 is 1. The molecule has 0 radical (unpaired) electrons. The lowest BCUT2D eigenvalue weighted by atomic mass is 10.1. The zero-order valence-electron chi connectivity index (χ0n) is 17.7. The lowest BCUT2D eigenvalue weighted by Crippen LogP contribution is -2.48. The largest absolute Gasteiger partial charge is 0.495 e. The van der Waals surface area contributed by atoms with E-state index in [9.17, 15) is 13.2 Å². The molecule has 0 aliphatic carbocycles. The van der Waals surface area contributed by atoms with Crippen LogP contribution in [0.5, 0.6) is 5.75 Å². The van der Waals surface area contributed by atoms with Crippen molar-refractivity contribution in [2.75, 3.05) is 50.1 Å². The molecule has 0 atom stereocenters. The van der Waals surface area contributed by atoms with Gasteiger partial charge in [-0.05, 0) is 49.7 Å². The fraction of sp³-hybridized carbons (Fsp3) is 0.381. The van der Waals surface area contributed by atoms with Crippen molar-refractivity contribution in [2.24, 2.45) is 0 Å². The zero-order chi connectivity index (χ0) is 22.6. The van der Waals surface area contributed by atoms with E-state index in [0.717, 1.165) is 11.3 Å². The number of carbonyl (C=O) groups excluding carboxylic acids is 1. The van der Waals surface area contributed by atoms with Gasteiger partial charge >= 0.3 is 6.09 Å². The average Bonchev–Trinajstić information content (AvgIpc) is 2.75. The maximum atomic E-state index is 13.2. The molecule has 31 heavy (non-hydrogen) atoms. The molecule has 1 amide bonds. The van der Waals surface area contributed by atoms with E-state index in [2.05, 4.69) is 10.2 Å². The first-order chi connectivity index (χ1) is 14.8. The molecule has 1 fully saturated rings. The fourth-order valence-electron chi connectivity index (χ4n) is 3.46. The highest BCUT2D eigenvalue weighted by atomic mass is 35.5. The summed E-state index contributed by atoms with van der Waals surface area (Å²) in [5, 5.41) is 3.18. The number of halogens is 1. The molecular weight excluding hydrogens is 442 g/mol. The Morgan fingerprint density at radius 2 is 1.84 bits per heavy atom. The van der Waals surface area contributed by atoms with Crippen LogP contribution in [-0.2, 0) is 14.8 Å². The summed E-state index contributed by atoms with van der Waals surface area (Å²) in [4.78, 5) is 14.0. The third kappa shape index (κ3) is 5.23. The molecule has 168 valence electrons. The van der Waals surface area contributed by atoms with E-state index in [-0.39, 0.29) is 17.2 Å². The lowest BCUT2D eigenvalue weighted by molar-refractivity contribution is 0.168. The minimum Gasteiger partial charge on any atom is -0.495 e. The molecule has 1 saturated heterocycles. The standard InChI is InChI=1S/C21H26ClN3O5S/c1-4-30-21(26)23-18-14-17(7-8-20(18)29-3)31(27,28)25-11-9-24(10-12-25)19-13-16(22)6-5-15(19)2/h5-8,13-14H,4,9-12H2,1-3H3,(H,23,26).